The van der Waals surface area contributed by atoms with Crippen LogP contribution in [0.3, 0.4) is 0 Å². The number of nitrogens with one attached hydrogen (secondary N) is 1. The quantitative estimate of drug-likeness (QED) is 0.657. The first-order valence-electron chi connectivity index (χ1n) is 4.41. The molecule has 0 radical (unpaired) electrons. The third-order valence-corrected chi connectivity index (χ3v) is 2.27. The molecule has 1 atom stereocenters. The Hall–Kier alpha value is -0.770. The maximum absolute atomic E-state index is 10.9. The summed E-state index contributed by atoms with van der Waals surface area (Å²) in [5.41, 5.74) is 0. The molecule has 1 N–H and O–H groups in total. The van der Waals surface area contributed by atoms with Crippen LogP contribution in [0.1, 0.15) is 12.8 Å². The SMILES string of the molecule is CN1CC(CNC2CC2)OC1=O. The van der Waals surface area contributed by atoms with Crippen molar-refractivity contribution in [3.8, 4) is 0 Å². The van der Waals surface area contributed by atoms with Gasteiger partial charge in [0.1, 0.15) is 6.10 Å². The molecule has 68 valence electrons. The van der Waals surface area contributed by atoms with Gasteiger partial charge in [-0.3, -0.25) is 0 Å². The number of hydrogen-bond donors (Lipinski definition) is 1. The summed E-state index contributed by atoms with van der Waals surface area (Å²) in [7, 11) is 1.76. The Morgan fingerprint density at radius 1 is 1.67 bits per heavy atom. The number of rotatable bonds is 3. The van der Waals surface area contributed by atoms with Crippen molar-refractivity contribution in [3.05, 3.63) is 0 Å². The Morgan fingerprint density at radius 2 is 2.42 bits per heavy atom. The molecule has 0 bridgehead atoms. The van der Waals surface area contributed by atoms with Crippen molar-refractivity contribution < 1.29 is 9.53 Å². The largest absolute Gasteiger partial charge is 0.443 e. The van der Waals surface area contributed by atoms with Gasteiger partial charge in [0.05, 0.1) is 6.54 Å². The molecule has 2 fully saturated rings. The molecule has 1 aliphatic heterocycles. The Labute approximate surface area is 71.9 Å². The van der Waals surface area contributed by atoms with E-state index in [9.17, 15) is 4.79 Å². The van der Waals surface area contributed by atoms with Crippen LogP contribution in [-0.2, 0) is 4.74 Å². The molecular formula is C8H14N2O2. The van der Waals surface area contributed by atoms with Crippen molar-refractivity contribution in [2.75, 3.05) is 20.1 Å². The van der Waals surface area contributed by atoms with Crippen LogP contribution in [0, 0.1) is 0 Å². The minimum Gasteiger partial charge on any atom is -0.443 e. The predicted octanol–water partition coefficient (Wildman–Crippen LogP) is 0.189. The number of nitrogens with zero attached hydrogens (tertiary/aromatic N) is 1. The number of carbonyl (C=O) groups is 1. The topological polar surface area (TPSA) is 41.6 Å². The number of cyclic esters (lactones) is 1. The van der Waals surface area contributed by atoms with Gasteiger partial charge in [0, 0.05) is 19.6 Å². The zero-order chi connectivity index (χ0) is 8.55. The zero-order valence-electron chi connectivity index (χ0n) is 7.25. The molecular weight excluding hydrogens is 156 g/mol. The standard InChI is InChI=1S/C8H14N2O2/c1-10-5-7(12-8(10)11)4-9-6-2-3-6/h6-7,9H,2-5H2,1H3. The van der Waals surface area contributed by atoms with Crippen LogP contribution in [0.25, 0.3) is 0 Å². The van der Waals surface area contributed by atoms with Gasteiger partial charge in [0.25, 0.3) is 0 Å². The van der Waals surface area contributed by atoms with E-state index in [2.05, 4.69) is 5.32 Å². The molecule has 0 aromatic carbocycles. The van der Waals surface area contributed by atoms with Crippen molar-refractivity contribution in [2.24, 2.45) is 0 Å². The lowest BCUT2D eigenvalue weighted by Gasteiger charge is -2.07. The highest BCUT2D eigenvalue weighted by atomic mass is 16.6. The fourth-order valence-electron chi connectivity index (χ4n) is 1.34. The van der Waals surface area contributed by atoms with Gasteiger partial charge in [-0.25, -0.2) is 4.79 Å². The maximum Gasteiger partial charge on any atom is 0.410 e. The number of amides is 1. The van der Waals surface area contributed by atoms with Crippen LogP contribution in [0.4, 0.5) is 4.79 Å². The molecule has 2 rings (SSSR count). The van der Waals surface area contributed by atoms with Crippen molar-refractivity contribution in [1.29, 1.82) is 0 Å². The van der Waals surface area contributed by atoms with Gasteiger partial charge in [-0.2, -0.15) is 0 Å². The number of carbonyl (C=O) groups excluding carboxylic acids is 1. The Bertz CT molecular complexity index is 191. The second-order valence-corrected chi connectivity index (χ2v) is 3.57. The fourth-order valence-corrected chi connectivity index (χ4v) is 1.34. The van der Waals surface area contributed by atoms with Gasteiger partial charge in [-0.1, -0.05) is 0 Å². The van der Waals surface area contributed by atoms with Crippen LogP contribution < -0.4 is 5.32 Å². The summed E-state index contributed by atoms with van der Waals surface area (Å²) >= 11 is 0. The monoisotopic (exact) mass is 170 g/mol. The Kier molecular flexibility index (Phi) is 1.92. The van der Waals surface area contributed by atoms with Crippen LogP contribution in [-0.4, -0.2) is 43.3 Å². The third-order valence-electron chi connectivity index (χ3n) is 2.27. The summed E-state index contributed by atoms with van der Waals surface area (Å²) in [5, 5.41) is 3.34. The van der Waals surface area contributed by atoms with Crippen molar-refractivity contribution >= 4 is 6.09 Å². The molecule has 2 aliphatic rings. The van der Waals surface area contributed by atoms with Gasteiger partial charge < -0.3 is 15.0 Å². The molecule has 1 heterocycles. The summed E-state index contributed by atoms with van der Waals surface area (Å²) in [6.07, 6.45) is 2.41. The second kappa shape index (κ2) is 2.94. The van der Waals surface area contributed by atoms with E-state index in [0.717, 1.165) is 13.1 Å². The fraction of sp³-hybridized carbons (Fsp3) is 0.875. The molecule has 4 heteroatoms. The molecule has 1 amide bonds. The van der Waals surface area contributed by atoms with E-state index < -0.39 is 0 Å². The lowest BCUT2D eigenvalue weighted by molar-refractivity contribution is 0.133. The highest BCUT2D eigenvalue weighted by molar-refractivity contribution is 5.69. The summed E-state index contributed by atoms with van der Waals surface area (Å²) in [6, 6.07) is 0.689. The predicted molar refractivity (Wildman–Crippen MR) is 43.9 cm³/mol. The minimum absolute atomic E-state index is 0.0584. The summed E-state index contributed by atoms with van der Waals surface area (Å²) in [4.78, 5) is 12.5. The summed E-state index contributed by atoms with van der Waals surface area (Å²) in [5.74, 6) is 0. The van der Waals surface area contributed by atoms with Gasteiger partial charge in [-0.15, -0.1) is 0 Å². The molecule has 0 aromatic rings. The average molecular weight is 170 g/mol. The van der Waals surface area contributed by atoms with Crippen molar-refractivity contribution in [3.63, 3.8) is 0 Å². The van der Waals surface area contributed by atoms with Gasteiger partial charge in [-0.05, 0) is 12.8 Å². The van der Waals surface area contributed by atoms with E-state index in [-0.39, 0.29) is 12.2 Å². The van der Waals surface area contributed by atoms with Gasteiger partial charge in [0.2, 0.25) is 0 Å². The smallest absolute Gasteiger partial charge is 0.410 e. The Balaban J connectivity index is 1.71. The first-order valence-corrected chi connectivity index (χ1v) is 4.41. The molecule has 0 aromatic heterocycles. The number of likely N-dealkylation sites (N-methyl/N-ethyl adjacent to an activating group) is 1. The van der Waals surface area contributed by atoms with Crippen LogP contribution in [0.15, 0.2) is 0 Å². The molecule has 0 spiro atoms. The normalized spacial score (nSPS) is 29.2. The van der Waals surface area contributed by atoms with E-state index in [1.54, 1.807) is 11.9 Å². The average Bonchev–Trinajstić information content (AvgIpc) is 2.78. The van der Waals surface area contributed by atoms with Crippen molar-refractivity contribution in [2.45, 2.75) is 25.0 Å². The van der Waals surface area contributed by atoms with E-state index in [0.29, 0.717) is 6.04 Å². The van der Waals surface area contributed by atoms with Crippen LogP contribution in [0.2, 0.25) is 0 Å². The zero-order valence-corrected chi connectivity index (χ0v) is 7.25. The minimum atomic E-state index is -0.197. The van der Waals surface area contributed by atoms with Gasteiger partial charge in [0.15, 0.2) is 0 Å². The molecule has 1 aliphatic carbocycles. The summed E-state index contributed by atoms with van der Waals surface area (Å²) in [6.45, 7) is 1.53. The molecule has 4 nitrogen and oxygen atoms in total. The highest BCUT2D eigenvalue weighted by Crippen LogP contribution is 2.19. The maximum atomic E-state index is 10.9. The van der Waals surface area contributed by atoms with E-state index in [4.69, 9.17) is 4.74 Å². The molecule has 1 saturated heterocycles. The first kappa shape index (κ1) is 7.86. The first-order chi connectivity index (χ1) is 5.75. The van der Waals surface area contributed by atoms with Crippen LogP contribution >= 0.6 is 0 Å². The molecule has 1 unspecified atom stereocenters. The second-order valence-electron chi connectivity index (χ2n) is 3.57. The van der Waals surface area contributed by atoms with Gasteiger partial charge >= 0.3 is 6.09 Å². The van der Waals surface area contributed by atoms with E-state index in [1.165, 1.54) is 12.8 Å². The highest BCUT2D eigenvalue weighted by Gasteiger charge is 2.30. The Morgan fingerprint density at radius 3 is 2.92 bits per heavy atom. The lowest BCUT2D eigenvalue weighted by Crippen LogP contribution is -2.31. The van der Waals surface area contributed by atoms with E-state index in [1.807, 2.05) is 0 Å². The number of hydrogen-bond acceptors (Lipinski definition) is 3. The lowest BCUT2D eigenvalue weighted by atomic mass is 10.3. The third kappa shape index (κ3) is 1.69. The number of ether oxygens (including phenoxy) is 1. The summed E-state index contributed by atoms with van der Waals surface area (Å²) < 4.78 is 5.08. The van der Waals surface area contributed by atoms with E-state index >= 15 is 0 Å². The molecule has 12 heavy (non-hydrogen) atoms. The van der Waals surface area contributed by atoms with Crippen LogP contribution in [0.5, 0.6) is 0 Å². The van der Waals surface area contributed by atoms with Crippen molar-refractivity contribution in [1.82, 2.24) is 10.2 Å². The molecule has 1 saturated carbocycles.